The minimum absolute atomic E-state index is 0.114. The Bertz CT molecular complexity index is 921. The molecule has 0 aliphatic rings. The van der Waals surface area contributed by atoms with Crippen LogP contribution in [0.5, 0.6) is 0 Å². The number of aromatic nitrogens is 3. The molecule has 21 heavy (non-hydrogen) atoms. The Balaban J connectivity index is 2.12. The smallest absolute Gasteiger partial charge is 0.259 e. The van der Waals surface area contributed by atoms with Crippen molar-refractivity contribution in [3.8, 4) is 0 Å². The lowest BCUT2D eigenvalue weighted by atomic mass is 10.1. The molecule has 0 spiro atoms. The molecule has 5 nitrogen and oxygen atoms in total. The number of rotatable bonds is 3. The number of nitrogens with one attached hydrogen (secondary N) is 1. The molecule has 0 fully saturated rings. The van der Waals surface area contributed by atoms with E-state index in [0.29, 0.717) is 11.2 Å². The molecule has 0 saturated carbocycles. The van der Waals surface area contributed by atoms with Gasteiger partial charge in [0.1, 0.15) is 10.7 Å². The van der Waals surface area contributed by atoms with Crippen molar-refractivity contribution >= 4 is 21.6 Å². The van der Waals surface area contributed by atoms with Gasteiger partial charge in [0.25, 0.3) is 11.1 Å². The number of nitrogens with zero attached hydrogens (tertiary/aromatic N) is 2. The van der Waals surface area contributed by atoms with E-state index in [4.69, 9.17) is 0 Å². The molecule has 0 bridgehead atoms. The molecule has 3 aromatic heterocycles. The molecule has 3 aromatic rings. The number of H-pyrrole nitrogens is 1. The van der Waals surface area contributed by atoms with E-state index in [2.05, 4.69) is 9.97 Å². The first-order chi connectivity index (χ1) is 10.1. The molecule has 3 rings (SSSR count). The Morgan fingerprint density at radius 1 is 1.33 bits per heavy atom. The van der Waals surface area contributed by atoms with Crippen molar-refractivity contribution in [1.29, 1.82) is 0 Å². The largest absolute Gasteiger partial charge is 0.308 e. The van der Waals surface area contributed by atoms with Crippen LogP contribution in [-0.2, 0) is 13.0 Å². The van der Waals surface area contributed by atoms with E-state index < -0.39 is 0 Å². The first-order valence-corrected chi connectivity index (χ1v) is 7.58. The summed E-state index contributed by atoms with van der Waals surface area (Å²) < 4.78 is 1.52. The normalized spacial score (nSPS) is 11.1. The van der Waals surface area contributed by atoms with E-state index in [1.165, 1.54) is 22.0 Å². The lowest BCUT2D eigenvalue weighted by Gasteiger charge is -2.04. The van der Waals surface area contributed by atoms with Crippen molar-refractivity contribution in [2.45, 2.75) is 26.8 Å². The van der Waals surface area contributed by atoms with Crippen LogP contribution in [0.25, 0.3) is 10.2 Å². The lowest BCUT2D eigenvalue weighted by molar-refractivity contribution is 0.716. The summed E-state index contributed by atoms with van der Waals surface area (Å²) in [6.07, 6.45) is 2.50. The third kappa shape index (κ3) is 2.42. The third-order valence-corrected chi connectivity index (χ3v) is 4.53. The van der Waals surface area contributed by atoms with E-state index in [0.717, 1.165) is 21.7 Å². The highest BCUT2D eigenvalue weighted by Crippen LogP contribution is 2.27. The summed E-state index contributed by atoms with van der Waals surface area (Å²) in [6, 6.07) is 4.96. The SMILES string of the molecule is CCc1c(C)sc2nc(Cn3ccccc3=O)[nH]c(=O)c12. The van der Waals surface area contributed by atoms with Gasteiger partial charge in [-0.25, -0.2) is 4.98 Å². The maximum atomic E-state index is 12.3. The molecule has 108 valence electrons. The van der Waals surface area contributed by atoms with Crippen LogP contribution in [0.2, 0.25) is 0 Å². The van der Waals surface area contributed by atoms with Gasteiger partial charge in [0.15, 0.2) is 0 Å². The van der Waals surface area contributed by atoms with Crippen LogP contribution in [-0.4, -0.2) is 14.5 Å². The predicted molar refractivity (Wildman–Crippen MR) is 84.2 cm³/mol. The number of hydrogen-bond acceptors (Lipinski definition) is 4. The van der Waals surface area contributed by atoms with Gasteiger partial charge in [0.2, 0.25) is 0 Å². The van der Waals surface area contributed by atoms with Gasteiger partial charge in [-0.1, -0.05) is 13.0 Å². The van der Waals surface area contributed by atoms with Gasteiger partial charge in [0.05, 0.1) is 11.9 Å². The molecular weight excluding hydrogens is 286 g/mol. The third-order valence-electron chi connectivity index (χ3n) is 3.48. The van der Waals surface area contributed by atoms with E-state index in [1.807, 2.05) is 13.8 Å². The lowest BCUT2D eigenvalue weighted by Crippen LogP contribution is -2.21. The molecule has 1 N–H and O–H groups in total. The zero-order valence-corrected chi connectivity index (χ0v) is 12.7. The summed E-state index contributed by atoms with van der Waals surface area (Å²) in [5.41, 5.74) is 0.823. The maximum Gasteiger partial charge on any atom is 0.259 e. The van der Waals surface area contributed by atoms with Crippen LogP contribution in [0.15, 0.2) is 34.0 Å². The van der Waals surface area contributed by atoms with Crippen LogP contribution in [0.3, 0.4) is 0 Å². The van der Waals surface area contributed by atoms with Gasteiger partial charge < -0.3 is 9.55 Å². The molecule has 0 radical (unpaired) electrons. The Hall–Kier alpha value is -2.21. The van der Waals surface area contributed by atoms with E-state index >= 15 is 0 Å². The average molecular weight is 301 g/mol. The zero-order valence-electron chi connectivity index (χ0n) is 11.8. The predicted octanol–water partition coefficient (Wildman–Crippen LogP) is 2.07. The number of hydrogen-bond donors (Lipinski definition) is 1. The maximum absolute atomic E-state index is 12.3. The topological polar surface area (TPSA) is 67.8 Å². The minimum atomic E-state index is -0.125. The van der Waals surface area contributed by atoms with E-state index in [1.54, 1.807) is 18.3 Å². The second-order valence-electron chi connectivity index (χ2n) is 4.85. The van der Waals surface area contributed by atoms with Crippen LogP contribution in [0, 0.1) is 6.92 Å². The van der Waals surface area contributed by atoms with Gasteiger partial charge >= 0.3 is 0 Å². The number of fused-ring (bicyclic) bond motifs is 1. The van der Waals surface area contributed by atoms with Crippen molar-refractivity contribution < 1.29 is 0 Å². The molecule has 0 saturated heterocycles. The zero-order chi connectivity index (χ0) is 15.0. The fourth-order valence-electron chi connectivity index (χ4n) is 2.47. The molecule has 0 aliphatic heterocycles. The van der Waals surface area contributed by atoms with Crippen molar-refractivity contribution in [2.75, 3.05) is 0 Å². The molecular formula is C15H15N3O2S. The van der Waals surface area contributed by atoms with Gasteiger partial charge in [-0.05, 0) is 25.0 Å². The first kappa shape index (κ1) is 13.8. The van der Waals surface area contributed by atoms with Crippen molar-refractivity contribution in [3.63, 3.8) is 0 Å². The minimum Gasteiger partial charge on any atom is -0.308 e. The second-order valence-corrected chi connectivity index (χ2v) is 6.05. The van der Waals surface area contributed by atoms with Crippen LogP contribution in [0.1, 0.15) is 23.2 Å². The van der Waals surface area contributed by atoms with Crippen LogP contribution >= 0.6 is 11.3 Å². The molecule has 0 unspecified atom stereocenters. The summed E-state index contributed by atoms with van der Waals surface area (Å²) in [5, 5.41) is 0.684. The monoisotopic (exact) mass is 301 g/mol. The van der Waals surface area contributed by atoms with Crippen molar-refractivity contribution in [2.24, 2.45) is 0 Å². The fourth-order valence-corrected chi connectivity index (χ4v) is 3.61. The highest BCUT2D eigenvalue weighted by molar-refractivity contribution is 7.18. The molecule has 0 atom stereocenters. The number of aromatic amines is 1. The summed E-state index contributed by atoms with van der Waals surface area (Å²) in [6.45, 7) is 4.31. The summed E-state index contributed by atoms with van der Waals surface area (Å²) in [5.74, 6) is 0.504. The Labute approximate surface area is 124 Å². The first-order valence-electron chi connectivity index (χ1n) is 6.76. The Kier molecular flexibility index (Phi) is 3.47. The Morgan fingerprint density at radius 3 is 2.86 bits per heavy atom. The second kappa shape index (κ2) is 5.29. The van der Waals surface area contributed by atoms with E-state index in [9.17, 15) is 9.59 Å². The molecule has 6 heteroatoms. The number of pyridine rings is 1. The number of thiophene rings is 1. The van der Waals surface area contributed by atoms with Gasteiger partial charge in [-0.15, -0.1) is 11.3 Å². The van der Waals surface area contributed by atoms with Gasteiger partial charge in [-0.3, -0.25) is 9.59 Å². The standard InChI is InChI=1S/C15H15N3O2S/c1-3-10-9(2)21-15-13(10)14(20)16-11(17-15)8-18-7-5-4-6-12(18)19/h4-7H,3,8H2,1-2H3,(H,16,17,20). The molecule has 0 aliphatic carbocycles. The highest BCUT2D eigenvalue weighted by Gasteiger charge is 2.13. The van der Waals surface area contributed by atoms with Gasteiger partial charge in [-0.2, -0.15) is 0 Å². The highest BCUT2D eigenvalue weighted by atomic mass is 32.1. The average Bonchev–Trinajstić information content (AvgIpc) is 2.77. The van der Waals surface area contributed by atoms with Crippen molar-refractivity contribution in [3.05, 3.63) is 61.4 Å². The van der Waals surface area contributed by atoms with Crippen LogP contribution in [0.4, 0.5) is 0 Å². The van der Waals surface area contributed by atoms with E-state index in [-0.39, 0.29) is 17.7 Å². The summed E-state index contributed by atoms with van der Waals surface area (Å²) in [4.78, 5) is 33.2. The van der Waals surface area contributed by atoms with Crippen molar-refractivity contribution in [1.82, 2.24) is 14.5 Å². The molecule has 3 heterocycles. The number of aryl methyl sites for hydroxylation is 2. The molecule has 0 aromatic carbocycles. The fraction of sp³-hybridized carbons (Fsp3) is 0.267. The quantitative estimate of drug-likeness (QED) is 0.805. The summed E-state index contributed by atoms with van der Waals surface area (Å²) in [7, 11) is 0. The van der Waals surface area contributed by atoms with Gasteiger partial charge in [0, 0.05) is 17.1 Å². The Morgan fingerprint density at radius 2 is 2.14 bits per heavy atom. The summed E-state index contributed by atoms with van der Waals surface area (Å²) >= 11 is 1.53. The van der Waals surface area contributed by atoms with Crippen LogP contribution < -0.4 is 11.1 Å². The molecule has 0 amide bonds.